The molecular formula is C18H24N2O3. The van der Waals surface area contributed by atoms with Crippen molar-refractivity contribution in [1.82, 2.24) is 10.2 Å². The van der Waals surface area contributed by atoms with Gasteiger partial charge in [0.05, 0.1) is 18.6 Å². The summed E-state index contributed by atoms with van der Waals surface area (Å²) in [5.74, 6) is 0.00452. The molecule has 2 unspecified atom stereocenters. The number of nitrogens with zero attached hydrogens (tertiary/aromatic N) is 1. The highest BCUT2D eigenvalue weighted by atomic mass is 16.5. The van der Waals surface area contributed by atoms with Gasteiger partial charge in [-0.1, -0.05) is 24.3 Å². The van der Waals surface area contributed by atoms with Gasteiger partial charge in [0, 0.05) is 26.6 Å². The quantitative estimate of drug-likeness (QED) is 0.922. The molecule has 5 heteroatoms. The number of carbonyl (C=O) groups excluding carboxylic acids is 2. The summed E-state index contributed by atoms with van der Waals surface area (Å²) in [5.41, 5.74) is 2.34. The highest BCUT2D eigenvalue weighted by molar-refractivity contribution is 5.79. The second-order valence-electron chi connectivity index (χ2n) is 6.32. The monoisotopic (exact) mass is 316 g/mol. The van der Waals surface area contributed by atoms with E-state index in [9.17, 15) is 9.59 Å². The van der Waals surface area contributed by atoms with Crippen LogP contribution < -0.4 is 5.32 Å². The van der Waals surface area contributed by atoms with Gasteiger partial charge in [0.2, 0.25) is 11.8 Å². The van der Waals surface area contributed by atoms with E-state index in [0.717, 1.165) is 31.4 Å². The first-order valence-corrected chi connectivity index (χ1v) is 8.38. The van der Waals surface area contributed by atoms with Crippen LogP contribution in [0.15, 0.2) is 24.3 Å². The zero-order chi connectivity index (χ0) is 16.2. The Balaban J connectivity index is 1.67. The van der Waals surface area contributed by atoms with Crippen molar-refractivity contribution in [2.45, 2.75) is 44.8 Å². The standard InChI is InChI=1S/C18H24N2O3/c1-13(21)20-9-8-14-5-2-3-7-16(14)17(20)11-18(22)19-12-15-6-4-10-23-15/h2-3,5,7,15,17H,4,6,8-12H2,1H3,(H,19,22). The van der Waals surface area contributed by atoms with E-state index in [2.05, 4.69) is 11.4 Å². The number of hydrogen-bond donors (Lipinski definition) is 1. The van der Waals surface area contributed by atoms with Crippen molar-refractivity contribution in [2.24, 2.45) is 0 Å². The van der Waals surface area contributed by atoms with Crippen molar-refractivity contribution in [1.29, 1.82) is 0 Å². The largest absolute Gasteiger partial charge is 0.376 e. The minimum Gasteiger partial charge on any atom is -0.376 e. The Morgan fingerprint density at radius 1 is 1.35 bits per heavy atom. The number of carbonyl (C=O) groups is 2. The molecule has 5 nitrogen and oxygen atoms in total. The molecule has 0 bridgehead atoms. The number of benzene rings is 1. The molecular weight excluding hydrogens is 292 g/mol. The zero-order valence-corrected chi connectivity index (χ0v) is 13.6. The van der Waals surface area contributed by atoms with Gasteiger partial charge >= 0.3 is 0 Å². The Hall–Kier alpha value is -1.88. The predicted octanol–water partition coefficient (Wildman–Crippen LogP) is 1.82. The summed E-state index contributed by atoms with van der Waals surface area (Å²) in [5, 5.41) is 2.96. The zero-order valence-electron chi connectivity index (χ0n) is 13.6. The normalized spacial score (nSPS) is 23.4. The predicted molar refractivity (Wildman–Crippen MR) is 86.9 cm³/mol. The van der Waals surface area contributed by atoms with E-state index in [4.69, 9.17) is 4.74 Å². The number of nitrogens with one attached hydrogen (secondary N) is 1. The molecule has 1 N–H and O–H groups in total. The average Bonchev–Trinajstić information content (AvgIpc) is 3.06. The van der Waals surface area contributed by atoms with Gasteiger partial charge < -0.3 is 15.0 Å². The third kappa shape index (κ3) is 3.72. The van der Waals surface area contributed by atoms with Crippen LogP contribution in [0, 0.1) is 0 Å². The first-order chi connectivity index (χ1) is 11.1. The van der Waals surface area contributed by atoms with Gasteiger partial charge in [-0.25, -0.2) is 0 Å². The summed E-state index contributed by atoms with van der Waals surface area (Å²) >= 11 is 0. The lowest BCUT2D eigenvalue weighted by molar-refractivity contribution is -0.133. The SMILES string of the molecule is CC(=O)N1CCc2ccccc2C1CC(=O)NCC1CCCO1. The molecule has 2 heterocycles. The Kier molecular flexibility index (Phi) is 4.96. The van der Waals surface area contributed by atoms with Gasteiger partial charge in [-0.3, -0.25) is 9.59 Å². The lowest BCUT2D eigenvalue weighted by Gasteiger charge is -2.36. The molecule has 2 aliphatic rings. The fourth-order valence-electron chi connectivity index (χ4n) is 3.53. The highest BCUT2D eigenvalue weighted by Gasteiger charge is 2.30. The maximum Gasteiger partial charge on any atom is 0.222 e. The van der Waals surface area contributed by atoms with E-state index in [1.807, 2.05) is 23.1 Å². The summed E-state index contributed by atoms with van der Waals surface area (Å²) in [7, 11) is 0. The van der Waals surface area contributed by atoms with Gasteiger partial charge in [-0.05, 0) is 30.4 Å². The van der Waals surface area contributed by atoms with Crippen molar-refractivity contribution < 1.29 is 14.3 Å². The van der Waals surface area contributed by atoms with Gasteiger partial charge in [0.25, 0.3) is 0 Å². The lowest BCUT2D eigenvalue weighted by atomic mass is 9.90. The molecule has 1 aromatic rings. The Labute approximate surface area is 137 Å². The Morgan fingerprint density at radius 3 is 2.91 bits per heavy atom. The van der Waals surface area contributed by atoms with E-state index >= 15 is 0 Å². The van der Waals surface area contributed by atoms with Crippen LogP contribution in [0.25, 0.3) is 0 Å². The second kappa shape index (κ2) is 7.13. The van der Waals surface area contributed by atoms with E-state index in [1.54, 1.807) is 6.92 Å². The van der Waals surface area contributed by atoms with E-state index in [-0.39, 0.29) is 24.0 Å². The summed E-state index contributed by atoms with van der Waals surface area (Å²) in [6, 6.07) is 7.94. The van der Waals surface area contributed by atoms with Crippen LogP contribution in [0.4, 0.5) is 0 Å². The van der Waals surface area contributed by atoms with Crippen LogP contribution in [0.1, 0.15) is 43.4 Å². The van der Waals surface area contributed by atoms with Crippen molar-refractivity contribution in [3.63, 3.8) is 0 Å². The number of hydrogen-bond acceptors (Lipinski definition) is 3. The van der Waals surface area contributed by atoms with Crippen LogP contribution in [0.5, 0.6) is 0 Å². The van der Waals surface area contributed by atoms with Crippen molar-refractivity contribution >= 4 is 11.8 Å². The second-order valence-corrected chi connectivity index (χ2v) is 6.32. The fraction of sp³-hybridized carbons (Fsp3) is 0.556. The van der Waals surface area contributed by atoms with Gasteiger partial charge in [0.1, 0.15) is 0 Å². The molecule has 2 atom stereocenters. The lowest BCUT2D eigenvalue weighted by Crippen LogP contribution is -2.42. The molecule has 23 heavy (non-hydrogen) atoms. The van der Waals surface area contributed by atoms with E-state index < -0.39 is 0 Å². The maximum absolute atomic E-state index is 12.3. The summed E-state index contributed by atoms with van der Waals surface area (Å²) < 4.78 is 5.53. The molecule has 2 amide bonds. The molecule has 0 radical (unpaired) electrons. The van der Waals surface area contributed by atoms with Crippen LogP contribution in [0.2, 0.25) is 0 Å². The van der Waals surface area contributed by atoms with Crippen LogP contribution >= 0.6 is 0 Å². The maximum atomic E-state index is 12.3. The summed E-state index contributed by atoms with van der Waals surface area (Å²) in [4.78, 5) is 26.1. The number of rotatable bonds is 4. The van der Waals surface area contributed by atoms with Gasteiger partial charge in [0.15, 0.2) is 0 Å². The molecule has 0 aromatic heterocycles. The third-order valence-electron chi connectivity index (χ3n) is 4.75. The fourth-order valence-corrected chi connectivity index (χ4v) is 3.53. The molecule has 1 saturated heterocycles. The Bertz CT molecular complexity index is 581. The minimum atomic E-state index is -0.165. The van der Waals surface area contributed by atoms with Crippen molar-refractivity contribution in [3.05, 3.63) is 35.4 Å². The molecule has 2 aliphatic heterocycles. The van der Waals surface area contributed by atoms with Crippen LogP contribution in [-0.2, 0) is 20.7 Å². The van der Waals surface area contributed by atoms with Gasteiger partial charge in [-0.15, -0.1) is 0 Å². The first-order valence-electron chi connectivity index (χ1n) is 8.38. The molecule has 0 saturated carbocycles. The molecule has 1 fully saturated rings. The van der Waals surface area contributed by atoms with E-state index in [0.29, 0.717) is 19.5 Å². The van der Waals surface area contributed by atoms with E-state index in [1.165, 1.54) is 5.56 Å². The smallest absolute Gasteiger partial charge is 0.222 e. The first kappa shape index (κ1) is 16.0. The topological polar surface area (TPSA) is 58.6 Å². The molecule has 0 aliphatic carbocycles. The number of fused-ring (bicyclic) bond motifs is 1. The van der Waals surface area contributed by atoms with Crippen LogP contribution in [0.3, 0.4) is 0 Å². The minimum absolute atomic E-state index is 0.0200. The average molecular weight is 316 g/mol. The number of amides is 2. The summed E-state index contributed by atoms with van der Waals surface area (Å²) in [6.07, 6.45) is 3.37. The Morgan fingerprint density at radius 2 is 2.17 bits per heavy atom. The van der Waals surface area contributed by atoms with Crippen LogP contribution in [-0.4, -0.2) is 42.5 Å². The number of ether oxygens (including phenoxy) is 1. The van der Waals surface area contributed by atoms with Gasteiger partial charge in [-0.2, -0.15) is 0 Å². The highest BCUT2D eigenvalue weighted by Crippen LogP contribution is 2.32. The molecule has 3 rings (SSSR count). The molecule has 0 spiro atoms. The van der Waals surface area contributed by atoms with Crippen molar-refractivity contribution in [2.75, 3.05) is 19.7 Å². The summed E-state index contributed by atoms with van der Waals surface area (Å²) in [6.45, 7) is 3.60. The third-order valence-corrected chi connectivity index (χ3v) is 4.75. The molecule has 124 valence electrons. The van der Waals surface area contributed by atoms with Crippen molar-refractivity contribution in [3.8, 4) is 0 Å². The molecule has 1 aromatic carbocycles.